The Balaban J connectivity index is 2.41. The van der Waals surface area contributed by atoms with Gasteiger partial charge in [0.05, 0.1) is 0 Å². The van der Waals surface area contributed by atoms with Crippen LogP contribution in [0, 0.1) is 0 Å². The molecule has 0 atom stereocenters. The van der Waals surface area contributed by atoms with Crippen LogP contribution in [-0.4, -0.2) is 30.2 Å². The second-order valence-corrected chi connectivity index (χ2v) is 5.05. The number of likely N-dealkylation sites (N-methyl/N-ethyl adjacent to an activating group) is 1. The molecule has 0 aliphatic heterocycles. The summed E-state index contributed by atoms with van der Waals surface area (Å²) in [5.74, 6) is 0.794. The molecule has 0 bridgehead atoms. The summed E-state index contributed by atoms with van der Waals surface area (Å²) in [6.07, 6.45) is 3.76. The number of benzene rings is 1. The predicted octanol–water partition coefficient (Wildman–Crippen LogP) is 2.96. The zero-order chi connectivity index (χ0) is 13.4. The van der Waals surface area contributed by atoms with Gasteiger partial charge in [0.1, 0.15) is 0 Å². The highest BCUT2D eigenvalue weighted by Crippen LogP contribution is 2.08. The molecule has 0 saturated heterocycles. The van der Waals surface area contributed by atoms with Crippen molar-refractivity contribution < 1.29 is 4.79 Å². The molecule has 0 fully saturated rings. The van der Waals surface area contributed by atoms with E-state index < -0.39 is 0 Å². The number of hydrogen-bond acceptors (Lipinski definition) is 2. The summed E-state index contributed by atoms with van der Waals surface area (Å²) < 4.78 is 0. The standard InChI is InChI=1S/C15H23NOS/c1-3-4-13-5-7-14(8-6-13)9-11-16(2)15(17)10-12-18/h5-8,18H,3-4,9-12H2,1-2H3. The summed E-state index contributed by atoms with van der Waals surface area (Å²) in [5.41, 5.74) is 2.68. The van der Waals surface area contributed by atoms with E-state index in [1.807, 2.05) is 7.05 Å². The van der Waals surface area contributed by atoms with Crippen molar-refractivity contribution in [3.63, 3.8) is 0 Å². The number of amides is 1. The van der Waals surface area contributed by atoms with Crippen LogP contribution in [0.1, 0.15) is 30.9 Å². The number of thiol groups is 1. The third-order valence-corrected chi connectivity index (χ3v) is 3.27. The first-order chi connectivity index (χ1) is 8.67. The first kappa shape index (κ1) is 15.1. The summed E-state index contributed by atoms with van der Waals surface area (Å²) >= 11 is 4.08. The van der Waals surface area contributed by atoms with E-state index in [0.717, 1.165) is 19.4 Å². The van der Waals surface area contributed by atoms with Crippen LogP contribution in [0.15, 0.2) is 24.3 Å². The van der Waals surface area contributed by atoms with Crippen LogP contribution >= 0.6 is 12.6 Å². The molecule has 100 valence electrons. The molecule has 1 aromatic rings. The zero-order valence-electron chi connectivity index (χ0n) is 11.4. The number of nitrogens with zero attached hydrogens (tertiary/aromatic N) is 1. The van der Waals surface area contributed by atoms with Crippen molar-refractivity contribution in [1.29, 1.82) is 0 Å². The fraction of sp³-hybridized carbons (Fsp3) is 0.533. The summed E-state index contributed by atoms with van der Waals surface area (Å²) in [4.78, 5) is 13.4. The van der Waals surface area contributed by atoms with E-state index in [2.05, 4.69) is 43.8 Å². The van der Waals surface area contributed by atoms with E-state index >= 15 is 0 Å². The normalized spacial score (nSPS) is 10.4. The molecule has 18 heavy (non-hydrogen) atoms. The molecule has 1 amide bonds. The lowest BCUT2D eigenvalue weighted by Crippen LogP contribution is -2.28. The van der Waals surface area contributed by atoms with Gasteiger partial charge in [0, 0.05) is 20.0 Å². The van der Waals surface area contributed by atoms with Gasteiger partial charge in [-0.2, -0.15) is 12.6 Å². The van der Waals surface area contributed by atoms with E-state index in [1.165, 1.54) is 17.5 Å². The highest BCUT2D eigenvalue weighted by molar-refractivity contribution is 7.80. The van der Waals surface area contributed by atoms with Gasteiger partial charge in [-0.1, -0.05) is 37.6 Å². The van der Waals surface area contributed by atoms with Gasteiger partial charge in [0.25, 0.3) is 0 Å². The minimum Gasteiger partial charge on any atom is -0.345 e. The Labute approximate surface area is 116 Å². The second-order valence-electron chi connectivity index (χ2n) is 4.61. The molecule has 1 aromatic carbocycles. The lowest BCUT2D eigenvalue weighted by Gasteiger charge is -2.16. The van der Waals surface area contributed by atoms with Gasteiger partial charge in [-0.25, -0.2) is 0 Å². The molecular weight excluding hydrogens is 242 g/mol. The van der Waals surface area contributed by atoms with Crippen molar-refractivity contribution in [2.75, 3.05) is 19.3 Å². The Morgan fingerprint density at radius 2 is 1.72 bits per heavy atom. The number of carbonyl (C=O) groups is 1. The van der Waals surface area contributed by atoms with Crippen molar-refractivity contribution >= 4 is 18.5 Å². The second kappa shape index (κ2) is 8.20. The molecule has 0 N–H and O–H groups in total. The van der Waals surface area contributed by atoms with E-state index in [1.54, 1.807) is 4.90 Å². The monoisotopic (exact) mass is 265 g/mol. The van der Waals surface area contributed by atoms with Crippen LogP contribution in [0.3, 0.4) is 0 Å². The molecule has 1 rings (SSSR count). The van der Waals surface area contributed by atoms with Crippen LogP contribution in [0.2, 0.25) is 0 Å². The molecule has 0 aromatic heterocycles. The number of aryl methyl sites for hydroxylation is 1. The highest BCUT2D eigenvalue weighted by atomic mass is 32.1. The van der Waals surface area contributed by atoms with Gasteiger partial charge in [0.15, 0.2) is 0 Å². The Morgan fingerprint density at radius 3 is 2.22 bits per heavy atom. The Kier molecular flexibility index (Phi) is 6.88. The quantitative estimate of drug-likeness (QED) is 0.752. The number of carbonyl (C=O) groups excluding carboxylic acids is 1. The van der Waals surface area contributed by atoms with Gasteiger partial charge in [-0.05, 0) is 29.7 Å². The van der Waals surface area contributed by atoms with Crippen molar-refractivity contribution in [3.05, 3.63) is 35.4 Å². The van der Waals surface area contributed by atoms with Crippen LogP contribution in [0.4, 0.5) is 0 Å². The third kappa shape index (κ3) is 5.13. The lowest BCUT2D eigenvalue weighted by atomic mass is 10.1. The van der Waals surface area contributed by atoms with Gasteiger partial charge >= 0.3 is 0 Å². The average molecular weight is 265 g/mol. The molecular formula is C15H23NOS. The maximum Gasteiger partial charge on any atom is 0.223 e. The van der Waals surface area contributed by atoms with E-state index in [4.69, 9.17) is 0 Å². The molecule has 2 nitrogen and oxygen atoms in total. The Morgan fingerprint density at radius 1 is 1.17 bits per heavy atom. The largest absolute Gasteiger partial charge is 0.345 e. The highest BCUT2D eigenvalue weighted by Gasteiger charge is 2.07. The SMILES string of the molecule is CCCc1ccc(CCN(C)C(=O)CCS)cc1. The van der Waals surface area contributed by atoms with Gasteiger partial charge < -0.3 is 4.90 Å². The predicted molar refractivity (Wildman–Crippen MR) is 80.2 cm³/mol. The van der Waals surface area contributed by atoms with Crippen molar-refractivity contribution in [1.82, 2.24) is 4.90 Å². The van der Waals surface area contributed by atoms with Crippen molar-refractivity contribution in [2.45, 2.75) is 32.6 Å². The smallest absolute Gasteiger partial charge is 0.223 e. The van der Waals surface area contributed by atoms with E-state index in [9.17, 15) is 4.79 Å². The summed E-state index contributed by atoms with van der Waals surface area (Å²) in [5, 5.41) is 0. The maximum absolute atomic E-state index is 11.6. The molecule has 0 radical (unpaired) electrons. The Hall–Kier alpha value is -0.960. The van der Waals surface area contributed by atoms with Crippen molar-refractivity contribution in [3.8, 4) is 0 Å². The van der Waals surface area contributed by atoms with Gasteiger partial charge in [0.2, 0.25) is 5.91 Å². The van der Waals surface area contributed by atoms with E-state index in [0.29, 0.717) is 12.2 Å². The fourth-order valence-corrected chi connectivity index (χ4v) is 2.06. The molecule has 0 heterocycles. The van der Waals surface area contributed by atoms with Crippen LogP contribution < -0.4 is 0 Å². The van der Waals surface area contributed by atoms with Gasteiger partial charge in [-0.15, -0.1) is 0 Å². The molecule has 0 aliphatic rings. The average Bonchev–Trinajstić information content (AvgIpc) is 2.38. The van der Waals surface area contributed by atoms with Gasteiger partial charge in [-0.3, -0.25) is 4.79 Å². The van der Waals surface area contributed by atoms with Crippen molar-refractivity contribution in [2.24, 2.45) is 0 Å². The topological polar surface area (TPSA) is 20.3 Å². The van der Waals surface area contributed by atoms with Crippen LogP contribution in [0.25, 0.3) is 0 Å². The first-order valence-corrected chi connectivity index (χ1v) is 7.23. The molecule has 0 unspecified atom stereocenters. The van der Waals surface area contributed by atoms with E-state index in [-0.39, 0.29) is 5.91 Å². The summed E-state index contributed by atoms with van der Waals surface area (Å²) in [7, 11) is 1.86. The minimum absolute atomic E-state index is 0.174. The fourth-order valence-electron chi connectivity index (χ4n) is 1.87. The molecule has 0 aliphatic carbocycles. The minimum atomic E-state index is 0.174. The zero-order valence-corrected chi connectivity index (χ0v) is 12.2. The molecule has 0 spiro atoms. The lowest BCUT2D eigenvalue weighted by molar-refractivity contribution is -0.129. The maximum atomic E-state index is 11.6. The Bertz CT molecular complexity index is 361. The number of hydrogen-bond donors (Lipinski definition) is 1. The van der Waals surface area contributed by atoms with Crippen LogP contribution in [0.5, 0.6) is 0 Å². The third-order valence-electron chi connectivity index (χ3n) is 3.05. The first-order valence-electron chi connectivity index (χ1n) is 6.60. The number of rotatable bonds is 7. The molecule has 0 saturated carbocycles. The summed E-state index contributed by atoms with van der Waals surface area (Å²) in [6, 6.07) is 8.71. The van der Waals surface area contributed by atoms with Crippen LogP contribution in [-0.2, 0) is 17.6 Å². The molecule has 3 heteroatoms. The summed E-state index contributed by atoms with van der Waals surface area (Å²) in [6.45, 7) is 2.97.